The molecule has 0 spiro atoms. The Hall–Kier alpha value is -1.50. The maximum absolute atomic E-state index is 5.68. The van der Waals surface area contributed by atoms with Gasteiger partial charge in [0.05, 0.1) is 5.76 Å². The number of aryl methyl sites for hydroxylation is 2. The average Bonchev–Trinajstić information content (AvgIpc) is 2.20. The molecule has 0 unspecified atom stereocenters. The van der Waals surface area contributed by atoms with Crippen molar-refractivity contribution < 1.29 is 4.74 Å². The van der Waals surface area contributed by atoms with Crippen LogP contribution in [0.2, 0.25) is 0 Å². The topological polar surface area (TPSA) is 9.23 Å². The number of rotatable bonds is 1. The lowest BCUT2D eigenvalue weighted by Gasteiger charge is -2.21. The van der Waals surface area contributed by atoms with E-state index in [0.29, 0.717) is 0 Å². The molecule has 0 saturated heterocycles. The third-order valence-electron chi connectivity index (χ3n) is 2.65. The number of hydrogen-bond acceptors (Lipinski definition) is 1. The van der Waals surface area contributed by atoms with Gasteiger partial charge in [-0.15, -0.1) is 0 Å². The van der Waals surface area contributed by atoms with Gasteiger partial charge in [0.1, 0.15) is 5.75 Å². The molecular formula is C14H16O. The molecule has 0 radical (unpaired) electrons. The third-order valence-corrected chi connectivity index (χ3v) is 2.65. The molecule has 0 atom stereocenters. The van der Waals surface area contributed by atoms with Crippen molar-refractivity contribution in [2.45, 2.75) is 26.7 Å². The summed E-state index contributed by atoms with van der Waals surface area (Å²) in [5.41, 5.74) is 3.75. The Labute approximate surface area is 91.1 Å². The second-order valence-electron chi connectivity index (χ2n) is 3.97. The van der Waals surface area contributed by atoms with E-state index in [1.54, 1.807) is 0 Å². The molecule has 0 fully saturated rings. The summed E-state index contributed by atoms with van der Waals surface area (Å²) in [5, 5.41) is 0. The normalized spacial score (nSPS) is 15.2. The van der Waals surface area contributed by atoms with E-state index in [2.05, 4.69) is 37.8 Å². The van der Waals surface area contributed by atoms with E-state index in [0.717, 1.165) is 24.4 Å². The highest BCUT2D eigenvalue weighted by Gasteiger charge is 2.15. The smallest absolute Gasteiger partial charge is 0.133 e. The zero-order valence-corrected chi connectivity index (χ0v) is 9.34. The van der Waals surface area contributed by atoms with Gasteiger partial charge in [-0.3, -0.25) is 0 Å². The Bertz CT molecular complexity index is 427. The minimum Gasteiger partial charge on any atom is -0.462 e. The molecule has 1 heterocycles. The molecular weight excluding hydrogens is 184 g/mol. The maximum atomic E-state index is 5.68. The van der Waals surface area contributed by atoms with Crippen molar-refractivity contribution in [2.75, 3.05) is 0 Å². The molecule has 15 heavy (non-hydrogen) atoms. The number of fused-ring (bicyclic) bond motifs is 1. The van der Waals surface area contributed by atoms with Crippen LogP contribution in [-0.2, 0) is 6.42 Å². The second-order valence-corrected chi connectivity index (χ2v) is 3.97. The molecule has 1 aromatic carbocycles. The molecule has 1 aromatic rings. The van der Waals surface area contributed by atoms with Gasteiger partial charge < -0.3 is 4.74 Å². The Balaban J connectivity index is 2.47. The lowest BCUT2D eigenvalue weighted by molar-refractivity contribution is 0.378. The van der Waals surface area contributed by atoms with Crippen molar-refractivity contribution in [3.05, 3.63) is 47.2 Å². The molecule has 2 rings (SSSR count). The van der Waals surface area contributed by atoms with Gasteiger partial charge >= 0.3 is 0 Å². The van der Waals surface area contributed by atoms with Crippen molar-refractivity contribution in [2.24, 2.45) is 0 Å². The molecule has 1 aliphatic heterocycles. The molecule has 0 bridgehead atoms. The summed E-state index contributed by atoms with van der Waals surface area (Å²) in [6.45, 7) is 8.00. The van der Waals surface area contributed by atoms with Crippen LogP contribution in [0.5, 0.6) is 5.75 Å². The largest absolute Gasteiger partial charge is 0.462 e. The molecule has 0 N–H and O–H groups in total. The van der Waals surface area contributed by atoms with Crippen LogP contribution in [0.1, 0.15) is 30.0 Å². The van der Waals surface area contributed by atoms with Crippen LogP contribution in [0.3, 0.4) is 0 Å². The van der Waals surface area contributed by atoms with Gasteiger partial charge in [-0.25, -0.2) is 0 Å². The first-order chi connectivity index (χ1) is 7.20. The van der Waals surface area contributed by atoms with Crippen molar-refractivity contribution in [3.63, 3.8) is 0 Å². The van der Waals surface area contributed by atoms with E-state index in [-0.39, 0.29) is 0 Å². The molecule has 1 heteroatoms. The molecule has 78 valence electrons. The van der Waals surface area contributed by atoms with Crippen LogP contribution >= 0.6 is 0 Å². The minimum absolute atomic E-state index is 0.879. The van der Waals surface area contributed by atoms with Crippen LogP contribution in [0.4, 0.5) is 0 Å². The van der Waals surface area contributed by atoms with Crippen molar-refractivity contribution in [1.82, 2.24) is 0 Å². The maximum Gasteiger partial charge on any atom is 0.133 e. The monoisotopic (exact) mass is 200 g/mol. The summed E-state index contributed by atoms with van der Waals surface area (Å²) in [7, 11) is 0. The fourth-order valence-electron chi connectivity index (χ4n) is 1.97. The summed E-state index contributed by atoms with van der Waals surface area (Å²) in [6, 6.07) is 4.35. The number of allylic oxidation sites excluding steroid dienone is 2. The zero-order chi connectivity index (χ0) is 10.8. The minimum atomic E-state index is 0.879. The van der Waals surface area contributed by atoms with E-state index >= 15 is 0 Å². The molecule has 0 aromatic heterocycles. The summed E-state index contributed by atoms with van der Waals surface area (Å²) >= 11 is 0. The van der Waals surface area contributed by atoms with Gasteiger partial charge in [-0.2, -0.15) is 0 Å². The fraction of sp³-hybridized carbons (Fsp3) is 0.286. The first kappa shape index (κ1) is 10.0. The van der Waals surface area contributed by atoms with Gasteiger partial charge in [-0.05, 0) is 49.1 Å². The van der Waals surface area contributed by atoms with Crippen LogP contribution in [-0.4, -0.2) is 0 Å². The number of benzene rings is 1. The van der Waals surface area contributed by atoms with Gasteiger partial charge in [0.15, 0.2) is 0 Å². The van der Waals surface area contributed by atoms with E-state index in [9.17, 15) is 0 Å². The lowest BCUT2D eigenvalue weighted by atomic mass is 9.98. The molecule has 1 nitrogen and oxygen atoms in total. The quantitative estimate of drug-likeness (QED) is 0.668. The highest BCUT2D eigenvalue weighted by atomic mass is 16.5. The van der Waals surface area contributed by atoms with Crippen LogP contribution in [0, 0.1) is 6.92 Å². The second kappa shape index (κ2) is 3.93. The van der Waals surface area contributed by atoms with Crippen LogP contribution < -0.4 is 4.74 Å². The van der Waals surface area contributed by atoms with Gasteiger partial charge in [0.2, 0.25) is 0 Å². The predicted octanol–water partition coefficient (Wildman–Crippen LogP) is 3.87. The van der Waals surface area contributed by atoms with Crippen molar-refractivity contribution >= 4 is 6.08 Å². The SMILES string of the molecule is C=C1CCc2cc(/C=C/C)cc(C)c2O1. The highest BCUT2D eigenvalue weighted by Crippen LogP contribution is 2.33. The molecule has 0 aliphatic carbocycles. The Morgan fingerprint density at radius 1 is 1.33 bits per heavy atom. The Morgan fingerprint density at radius 3 is 2.87 bits per heavy atom. The first-order valence-corrected chi connectivity index (χ1v) is 5.32. The van der Waals surface area contributed by atoms with E-state index in [4.69, 9.17) is 4.74 Å². The summed E-state index contributed by atoms with van der Waals surface area (Å²) in [5.74, 6) is 1.89. The van der Waals surface area contributed by atoms with Crippen LogP contribution in [0.15, 0.2) is 30.5 Å². The third kappa shape index (κ3) is 1.96. The Morgan fingerprint density at radius 2 is 2.13 bits per heavy atom. The summed E-state index contributed by atoms with van der Waals surface area (Å²) in [6.07, 6.45) is 6.16. The van der Waals surface area contributed by atoms with E-state index < -0.39 is 0 Å². The average molecular weight is 200 g/mol. The van der Waals surface area contributed by atoms with Crippen molar-refractivity contribution in [3.8, 4) is 5.75 Å². The lowest BCUT2D eigenvalue weighted by Crippen LogP contribution is -2.07. The van der Waals surface area contributed by atoms with Crippen LogP contribution in [0.25, 0.3) is 6.08 Å². The standard InChI is InChI=1S/C14H16O/c1-4-5-12-8-10(2)14-13(9-12)7-6-11(3)15-14/h4-5,8-9H,3,6-7H2,1-2H3/b5-4+. The molecule has 0 saturated carbocycles. The number of hydrogen-bond donors (Lipinski definition) is 0. The fourth-order valence-corrected chi connectivity index (χ4v) is 1.97. The number of ether oxygens (including phenoxy) is 1. The summed E-state index contributed by atoms with van der Waals surface area (Å²) in [4.78, 5) is 0. The molecule has 0 amide bonds. The van der Waals surface area contributed by atoms with Gasteiger partial charge in [0, 0.05) is 6.42 Å². The predicted molar refractivity (Wildman–Crippen MR) is 64.0 cm³/mol. The van der Waals surface area contributed by atoms with E-state index in [1.165, 1.54) is 16.7 Å². The molecule has 1 aliphatic rings. The zero-order valence-electron chi connectivity index (χ0n) is 9.34. The summed E-state index contributed by atoms with van der Waals surface area (Å²) < 4.78 is 5.68. The van der Waals surface area contributed by atoms with Gasteiger partial charge in [0.25, 0.3) is 0 Å². The van der Waals surface area contributed by atoms with E-state index in [1.807, 2.05) is 6.92 Å². The van der Waals surface area contributed by atoms with Crippen molar-refractivity contribution in [1.29, 1.82) is 0 Å². The highest BCUT2D eigenvalue weighted by molar-refractivity contribution is 5.57. The Kier molecular flexibility index (Phi) is 2.63. The first-order valence-electron chi connectivity index (χ1n) is 5.32. The van der Waals surface area contributed by atoms with Gasteiger partial charge in [-0.1, -0.05) is 18.7 Å².